The Morgan fingerprint density at radius 3 is 2.92 bits per heavy atom. The molecule has 2 rings (SSSR count). The average Bonchev–Trinajstić information content (AvgIpc) is 2.63. The van der Waals surface area contributed by atoms with Crippen LogP contribution in [-0.4, -0.2) is 13.4 Å². The fraction of sp³-hybridized carbons (Fsp3) is 0.100. The lowest BCUT2D eigenvalue weighted by Crippen LogP contribution is -1.89. The second-order valence-corrected chi connectivity index (χ2v) is 3.58. The second kappa shape index (κ2) is 3.18. The summed E-state index contributed by atoms with van der Waals surface area (Å²) in [4.78, 5) is 10.8. The lowest BCUT2D eigenvalue weighted by molar-refractivity contribution is 0.112. The first kappa shape index (κ1) is 8.26. The number of rotatable bonds is 2. The van der Waals surface area contributed by atoms with Crippen LogP contribution < -0.4 is 4.74 Å². The van der Waals surface area contributed by atoms with Gasteiger partial charge in [-0.3, -0.25) is 4.79 Å². The summed E-state index contributed by atoms with van der Waals surface area (Å²) in [6.45, 7) is 0. The summed E-state index contributed by atoms with van der Waals surface area (Å²) in [6.07, 6.45) is 0.841. The molecule has 0 saturated carbocycles. The number of aldehydes is 1. The Morgan fingerprint density at radius 2 is 2.23 bits per heavy atom. The Morgan fingerprint density at radius 1 is 1.38 bits per heavy atom. The Bertz CT molecular complexity index is 445. The first-order valence-corrected chi connectivity index (χ1v) is 4.74. The van der Waals surface area contributed by atoms with Crippen molar-refractivity contribution in [3.8, 4) is 5.75 Å². The highest BCUT2D eigenvalue weighted by Crippen LogP contribution is 2.29. The van der Waals surface area contributed by atoms with Crippen molar-refractivity contribution in [3.63, 3.8) is 0 Å². The van der Waals surface area contributed by atoms with E-state index in [4.69, 9.17) is 4.74 Å². The number of carbonyl (C=O) groups excluding carboxylic acids is 1. The van der Waals surface area contributed by atoms with Crippen molar-refractivity contribution in [2.45, 2.75) is 0 Å². The third-order valence-corrected chi connectivity index (χ3v) is 2.86. The predicted octanol–water partition coefficient (Wildman–Crippen LogP) is 2.72. The molecule has 3 heteroatoms. The van der Waals surface area contributed by atoms with E-state index in [1.165, 1.54) is 0 Å². The van der Waals surface area contributed by atoms with Crippen molar-refractivity contribution in [1.82, 2.24) is 0 Å². The van der Waals surface area contributed by atoms with Crippen LogP contribution in [0.15, 0.2) is 23.6 Å². The summed E-state index contributed by atoms with van der Waals surface area (Å²) in [6, 6.07) is 5.72. The number of carbonyl (C=O) groups is 1. The fourth-order valence-electron chi connectivity index (χ4n) is 1.35. The number of hydrogen-bond donors (Lipinski definition) is 0. The summed E-state index contributed by atoms with van der Waals surface area (Å²) >= 11 is 1.62. The van der Waals surface area contributed by atoms with Gasteiger partial charge in [-0.2, -0.15) is 0 Å². The molecule has 0 aliphatic rings. The number of ether oxygens (including phenoxy) is 1. The van der Waals surface area contributed by atoms with Crippen LogP contribution in [-0.2, 0) is 0 Å². The van der Waals surface area contributed by atoms with Gasteiger partial charge in [0.15, 0.2) is 6.29 Å². The zero-order chi connectivity index (χ0) is 9.26. The van der Waals surface area contributed by atoms with Crippen LogP contribution in [0.1, 0.15) is 10.4 Å². The number of thiophene rings is 1. The molecule has 0 bridgehead atoms. The first-order valence-electron chi connectivity index (χ1n) is 3.86. The van der Waals surface area contributed by atoms with Crippen LogP contribution in [0.5, 0.6) is 5.75 Å². The van der Waals surface area contributed by atoms with Gasteiger partial charge in [-0.1, -0.05) is 0 Å². The molecule has 2 aromatic rings. The minimum Gasteiger partial charge on any atom is -0.496 e. The average molecular weight is 192 g/mol. The van der Waals surface area contributed by atoms with Crippen molar-refractivity contribution < 1.29 is 9.53 Å². The molecule has 2 nitrogen and oxygen atoms in total. The van der Waals surface area contributed by atoms with Gasteiger partial charge < -0.3 is 4.74 Å². The molecule has 66 valence electrons. The Hall–Kier alpha value is -1.35. The second-order valence-electron chi connectivity index (χ2n) is 2.63. The van der Waals surface area contributed by atoms with Gasteiger partial charge in [-0.25, -0.2) is 0 Å². The van der Waals surface area contributed by atoms with Crippen LogP contribution in [0.2, 0.25) is 0 Å². The molecule has 1 aromatic carbocycles. The van der Waals surface area contributed by atoms with E-state index in [9.17, 15) is 4.79 Å². The third-order valence-electron chi connectivity index (χ3n) is 1.97. The van der Waals surface area contributed by atoms with E-state index < -0.39 is 0 Å². The van der Waals surface area contributed by atoms with Crippen molar-refractivity contribution in [3.05, 3.63) is 29.1 Å². The number of fused-ring (bicyclic) bond motifs is 1. The van der Waals surface area contributed by atoms with E-state index in [-0.39, 0.29) is 0 Å². The normalized spacial score (nSPS) is 10.2. The molecule has 0 aliphatic carbocycles. The van der Waals surface area contributed by atoms with E-state index in [0.29, 0.717) is 11.3 Å². The Labute approximate surface area is 79.8 Å². The van der Waals surface area contributed by atoms with Gasteiger partial charge in [-0.15, -0.1) is 11.3 Å². The summed E-state index contributed by atoms with van der Waals surface area (Å²) in [5.74, 6) is 0.640. The minimum atomic E-state index is 0.640. The maximum absolute atomic E-state index is 10.8. The zero-order valence-corrected chi connectivity index (χ0v) is 7.93. The summed E-state index contributed by atoms with van der Waals surface area (Å²) < 4.78 is 6.20. The Kier molecular flexibility index (Phi) is 2.02. The van der Waals surface area contributed by atoms with Crippen molar-refractivity contribution >= 4 is 27.7 Å². The van der Waals surface area contributed by atoms with Crippen molar-refractivity contribution in [1.29, 1.82) is 0 Å². The predicted molar refractivity (Wildman–Crippen MR) is 53.8 cm³/mol. The lowest BCUT2D eigenvalue weighted by Gasteiger charge is -2.03. The van der Waals surface area contributed by atoms with E-state index in [1.54, 1.807) is 18.4 Å². The largest absolute Gasteiger partial charge is 0.496 e. The number of hydrogen-bond acceptors (Lipinski definition) is 3. The lowest BCUT2D eigenvalue weighted by atomic mass is 10.1. The Balaban J connectivity index is 2.81. The smallest absolute Gasteiger partial charge is 0.154 e. The van der Waals surface area contributed by atoms with Gasteiger partial charge >= 0.3 is 0 Å². The van der Waals surface area contributed by atoms with Crippen LogP contribution in [0.4, 0.5) is 0 Å². The van der Waals surface area contributed by atoms with E-state index >= 15 is 0 Å². The monoisotopic (exact) mass is 192 g/mol. The van der Waals surface area contributed by atoms with Crippen LogP contribution in [0, 0.1) is 0 Å². The fourth-order valence-corrected chi connectivity index (χ4v) is 2.15. The van der Waals surface area contributed by atoms with E-state index in [1.807, 2.05) is 23.6 Å². The number of methoxy groups -OCH3 is 1. The van der Waals surface area contributed by atoms with Gasteiger partial charge in [0.05, 0.1) is 12.7 Å². The quantitative estimate of drug-likeness (QED) is 0.684. The van der Waals surface area contributed by atoms with Gasteiger partial charge in [0.1, 0.15) is 5.75 Å². The van der Waals surface area contributed by atoms with Crippen LogP contribution in [0.3, 0.4) is 0 Å². The van der Waals surface area contributed by atoms with Gasteiger partial charge in [-0.05, 0) is 23.6 Å². The molecule has 0 amide bonds. The standard InChI is InChI=1S/C10H8O2S/c1-12-9-2-3-10-7(4-5-13-10)8(9)6-11/h2-6H,1H3. The van der Waals surface area contributed by atoms with Gasteiger partial charge in [0, 0.05) is 10.1 Å². The highest BCUT2D eigenvalue weighted by Gasteiger charge is 2.07. The molecule has 0 unspecified atom stereocenters. The molecule has 0 atom stereocenters. The molecule has 1 aromatic heterocycles. The van der Waals surface area contributed by atoms with Gasteiger partial charge in [0.2, 0.25) is 0 Å². The molecule has 0 fully saturated rings. The molecular weight excluding hydrogens is 184 g/mol. The summed E-state index contributed by atoms with van der Waals surface area (Å²) in [7, 11) is 1.57. The maximum Gasteiger partial charge on any atom is 0.154 e. The van der Waals surface area contributed by atoms with Crippen LogP contribution >= 0.6 is 11.3 Å². The molecule has 13 heavy (non-hydrogen) atoms. The molecule has 0 radical (unpaired) electrons. The van der Waals surface area contributed by atoms with Crippen LogP contribution in [0.25, 0.3) is 10.1 Å². The minimum absolute atomic E-state index is 0.640. The first-order chi connectivity index (χ1) is 6.36. The molecule has 0 spiro atoms. The van der Waals surface area contributed by atoms with Crippen molar-refractivity contribution in [2.75, 3.05) is 7.11 Å². The van der Waals surface area contributed by atoms with Crippen molar-refractivity contribution in [2.24, 2.45) is 0 Å². The zero-order valence-electron chi connectivity index (χ0n) is 7.11. The summed E-state index contributed by atoms with van der Waals surface area (Å²) in [5.41, 5.74) is 0.640. The number of benzene rings is 1. The summed E-state index contributed by atoms with van der Waals surface area (Å²) in [5, 5.41) is 2.94. The topological polar surface area (TPSA) is 26.3 Å². The highest BCUT2D eigenvalue weighted by atomic mass is 32.1. The van der Waals surface area contributed by atoms with E-state index in [0.717, 1.165) is 16.4 Å². The molecular formula is C10H8O2S. The molecule has 0 aliphatic heterocycles. The molecule has 0 saturated heterocycles. The SMILES string of the molecule is COc1ccc2sccc2c1C=O. The molecule has 1 heterocycles. The van der Waals surface area contributed by atoms with Gasteiger partial charge in [0.25, 0.3) is 0 Å². The molecule has 0 N–H and O–H groups in total. The maximum atomic E-state index is 10.8. The van der Waals surface area contributed by atoms with E-state index in [2.05, 4.69) is 0 Å². The highest BCUT2D eigenvalue weighted by molar-refractivity contribution is 7.17. The third kappa shape index (κ3) is 1.21.